The summed E-state index contributed by atoms with van der Waals surface area (Å²) in [6.45, 7) is 3.35. The number of carbonyl (C=O) groups excluding carboxylic acids is 2. The first-order chi connectivity index (χ1) is 9.62. The molecule has 4 rings (SSSR count). The Morgan fingerprint density at radius 2 is 2.15 bits per heavy atom. The molecule has 104 valence electrons. The van der Waals surface area contributed by atoms with Gasteiger partial charge in [-0.15, -0.1) is 0 Å². The van der Waals surface area contributed by atoms with Gasteiger partial charge in [0.1, 0.15) is 0 Å². The van der Waals surface area contributed by atoms with E-state index in [1.807, 2.05) is 29.2 Å². The van der Waals surface area contributed by atoms with Crippen LogP contribution < -0.4 is 5.32 Å². The van der Waals surface area contributed by atoms with Crippen LogP contribution in [0.1, 0.15) is 25.3 Å². The number of hydrogen-bond acceptors (Lipinski definition) is 2. The topological polar surface area (TPSA) is 49.4 Å². The molecule has 2 amide bonds. The molecule has 20 heavy (non-hydrogen) atoms. The molecule has 4 heteroatoms. The molecular formula is C16H18N2O2. The molecule has 2 aliphatic heterocycles. The van der Waals surface area contributed by atoms with Crippen LogP contribution in [0, 0.1) is 11.8 Å². The lowest BCUT2D eigenvalue weighted by Gasteiger charge is -2.22. The van der Waals surface area contributed by atoms with E-state index in [0.29, 0.717) is 19.0 Å². The number of fused-ring (bicyclic) bond motifs is 2. The number of anilines is 1. The Morgan fingerprint density at radius 3 is 2.90 bits per heavy atom. The second-order valence-corrected chi connectivity index (χ2v) is 6.41. The molecule has 0 bridgehead atoms. The van der Waals surface area contributed by atoms with E-state index in [1.54, 1.807) is 0 Å². The van der Waals surface area contributed by atoms with Gasteiger partial charge in [-0.05, 0) is 30.4 Å². The number of likely N-dealkylation sites (tertiary alicyclic amines) is 1. The van der Waals surface area contributed by atoms with E-state index in [9.17, 15) is 9.59 Å². The molecule has 0 unspecified atom stereocenters. The van der Waals surface area contributed by atoms with Gasteiger partial charge in [0.05, 0.1) is 5.41 Å². The maximum atomic E-state index is 12.4. The lowest BCUT2D eigenvalue weighted by atomic mass is 9.81. The Hall–Kier alpha value is -1.84. The number of nitrogens with one attached hydrogen (secondary N) is 1. The highest BCUT2D eigenvalue weighted by Crippen LogP contribution is 2.46. The fraction of sp³-hybridized carbons (Fsp3) is 0.500. The number of benzene rings is 1. The normalized spacial score (nSPS) is 34.2. The van der Waals surface area contributed by atoms with Crippen molar-refractivity contribution in [2.24, 2.45) is 11.8 Å². The predicted octanol–water partition coefficient (Wildman–Crippen LogP) is 1.76. The maximum Gasteiger partial charge on any atom is 0.236 e. The Bertz CT molecular complexity index is 612. The average Bonchev–Trinajstić information content (AvgIpc) is 2.92. The molecule has 1 aromatic rings. The summed E-state index contributed by atoms with van der Waals surface area (Å²) >= 11 is 0. The molecule has 2 heterocycles. The minimum atomic E-state index is -0.510. The van der Waals surface area contributed by atoms with Crippen LogP contribution in [0.25, 0.3) is 0 Å². The van der Waals surface area contributed by atoms with E-state index in [1.165, 1.54) is 0 Å². The van der Waals surface area contributed by atoms with Crippen LogP contribution in [0.2, 0.25) is 0 Å². The number of amides is 2. The standard InChI is InChI=1S/C16H18N2O2/c1-10-8-11(10)14(19)18-7-6-16(9-18)12-4-2-3-5-13(12)17-15(16)20/h2-5,10-11H,6-9H2,1H3,(H,17,20)/t10-,11+,16+/m1/s1. The quantitative estimate of drug-likeness (QED) is 0.845. The highest BCUT2D eigenvalue weighted by molar-refractivity contribution is 6.07. The molecule has 4 nitrogen and oxygen atoms in total. The lowest BCUT2D eigenvalue weighted by Crippen LogP contribution is -2.39. The fourth-order valence-corrected chi connectivity index (χ4v) is 3.68. The van der Waals surface area contributed by atoms with Gasteiger partial charge in [-0.2, -0.15) is 0 Å². The molecule has 1 spiro atoms. The molecule has 1 aliphatic carbocycles. The van der Waals surface area contributed by atoms with Crippen molar-refractivity contribution in [3.05, 3.63) is 29.8 Å². The summed E-state index contributed by atoms with van der Waals surface area (Å²) in [7, 11) is 0. The zero-order valence-corrected chi connectivity index (χ0v) is 11.6. The summed E-state index contributed by atoms with van der Waals surface area (Å²) < 4.78 is 0. The SMILES string of the molecule is C[C@@H]1C[C@@H]1C(=O)N1CC[C@@]2(C1)C(=O)Nc1ccccc12. The number of hydrogen-bond donors (Lipinski definition) is 1. The Kier molecular flexibility index (Phi) is 2.29. The Balaban J connectivity index is 1.64. The molecule has 1 N–H and O–H groups in total. The number of nitrogens with zero attached hydrogens (tertiary/aromatic N) is 1. The van der Waals surface area contributed by atoms with Gasteiger partial charge in [0.2, 0.25) is 11.8 Å². The van der Waals surface area contributed by atoms with Crippen LogP contribution in [0.5, 0.6) is 0 Å². The zero-order valence-electron chi connectivity index (χ0n) is 11.6. The minimum Gasteiger partial charge on any atom is -0.341 e. The van der Waals surface area contributed by atoms with Crippen molar-refractivity contribution in [1.29, 1.82) is 0 Å². The molecule has 3 atom stereocenters. The van der Waals surface area contributed by atoms with E-state index < -0.39 is 5.41 Å². The van der Waals surface area contributed by atoms with Crippen LogP contribution in [0.3, 0.4) is 0 Å². The molecule has 0 aromatic heterocycles. The van der Waals surface area contributed by atoms with Gasteiger partial charge in [0.25, 0.3) is 0 Å². The highest BCUT2D eigenvalue weighted by atomic mass is 16.2. The molecule has 0 radical (unpaired) electrons. The van der Waals surface area contributed by atoms with Gasteiger partial charge < -0.3 is 10.2 Å². The fourth-order valence-electron chi connectivity index (χ4n) is 3.68. The average molecular weight is 270 g/mol. The summed E-state index contributed by atoms with van der Waals surface area (Å²) in [4.78, 5) is 26.7. The van der Waals surface area contributed by atoms with Crippen LogP contribution in [-0.4, -0.2) is 29.8 Å². The van der Waals surface area contributed by atoms with Crippen molar-refractivity contribution in [3.63, 3.8) is 0 Å². The van der Waals surface area contributed by atoms with Gasteiger partial charge in [0.15, 0.2) is 0 Å². The van der Waals surface area contributed by atoms with E-state index >= 15 is 0 Å². The van der Waals surface area contributed by atoms with Crippen molar-refractivity contribution in [2.45, 2.75) is 25.2 Å². The van der Waals surface area contributed by atoms with Crippen molar-refractivity contribution in [1.82, 2.24) is 4.90 Å². The lowest BCUT2D eigenvalue weighted by molar-refractivity contribution is -0.132. The summed E-state index contributed by atoms with van der Waals surface area (Å²) in [6, 6.07) is 7.85. The summed E-state index contributed by atoms with van der Waals surface area (Å²) in [5, 5.41) is 2.97. The van der Waals surface area contributed by atoms with E-state index in [4.69, 9.17) is 0 Å². The third kappa shape index (κ3) is 1.48. The van der Waals surface area contributed by atoms with Gasteiger partial charge >= 0.3 is 0 Å². The van der Waals surface area contributed by atoms with Crippen LogP contribution >= 0.6 is 0 Å². The van der Waals surface area contributed by atoms with Crippen molar-refractivity contribution in [2.75, 3.05) is 18.4 Å². The highest BCUT2D eigenvalue weighted by Gasteiger charge is 2.53. The van der Waals surface area contributed by atoms with Crippen LogP contribution in [0.4, 0.5) is 5.69 Å². The summed E-state index contributed by atoms with van der Waals surface area (Å²) in [5.74, 6) is 1.01. The van der Waals surface area contributed by atoms with Gasteiger partial charge in [-0.25, -0.2) is 0 Å². The molecule has 1 aromatic carbocycles. The summed E-state index contributed by atoms with van der Waals surface area (Å²) in [5.41, 5.74) is 1.46. The first-order valence-electron chi connectivity index (χ1n) is 7.31. The Morgan fingerprint density at radius 1 is 1.40 bits per heavy atom. The molecule has 1 saturated carbocycles. The van der Waals surface area contributed by atoms with E-state index in [2.05, 4.69) is 12.2 Å². The number of rotatable bonds is 1. The van der Waals surface area contributed by atoms with Crippen molar-refractivity contribution < 1.29 is 9.59 Å². The maximum absolute atomic E-state index is 12.4. The molecule has 2 fully saturated rings. The number of para-hydroxylation sites is 1. The molecule has 1 saturated heterocycles. The second-order valence-electron chi connectivity index (χ2n) is 6.41. The molecular weight excluding hydrogens is 252 g/mol. The van der Waals surface area contributed by atoms with Gasteiger partial charge in [0, 0.05) is 24.7 Å². The number of carbonyl (C=O) groups is 2. The van der Waals surface area contributed by atoms with Crippen molar-refractivity contribution >= 4 is 17.5 Å². The third-order valence-corrected chi connectivity index (χ3v) is 5.13. The van der Waals surface area contributed by atoms with Crippen LogP contribution in [0.15, 0.2) is 24.3 Å². The van der Waals surface area contributed by atoms with Crippen molar-refractivity contribution in [3.8, 4) is 0 Å². The second kappa shape index (κ2) is 3.84. The third-order valence-electron chi connectivity index (χ3n) is 5.13. The van der Waals surface area contributed by atoms with E-state index in [-0.39, 0.29) is 17.7 Å². The zero-order chi connectivity index (χ0) is 13.9. The predicted molar refractivity (Wildman–Crippen MR) is 75.2 cm³/mol. The van der Waals surface area contributed by atoms with Crippen LogP contribution in [-0.2, 0) is 15.0 Å². The van der Waals surface area contributed by atoms with E-state index in [0.717, 1.165) is 24.1 Å². The smallest absolute Gasteiger partial charge is 0.236 e. The largest absolute Gasteiger partial charge is 0.341 e. The van der Waals surface area contributed by atoms with Gasteiger partial charge in [-0.1, -0.05) is 25.1 Å². The first kappa shape index (κ1) is 11.9. The Labute approximate surface area is 118 Å². The summed E-state index contributed by atoms with van der Waals surface area (Å²) in [6.07, 6.45) is 1.74. The molecule has 3 aliphatic rings. The monoisotopic (exact) mass is 270 g/mol. The first-order valence-corrected chi connectivity index (χ1v) is 7.31. The van der Waals surface area contributed by atoms with Gasteiger partial charge in [-0.3, -0.25) is 9.59 Å². The minimum absolute atomic E-state index is 0.0536.